The number of aryl methyl sites for hydroxylation is 1. The number of carbonyl (C=O) groups is 1. The van der Waals surface area contributed by atoms with Crippen molar-refractivity contribution in [2.45, 2.75) is 13.5 Å². The number of amides is 1. The number of rotatable bonds is 4. The van der Waals surface area contributed by atoms with Crippen LogP contribution in [0.4, 0.5) is 5.69 Å². The zero-order valence-electron chi connectivity index (χ0n) is 14.5. The van der Waals surface area contributed by atoms with Gasteiger partial charge in [-0.15, -0.1) is 0 Å². The number of thiocarbonyl (C=S) groups is 1. The van der Waals surface area contributed by atoms with E-state index in [1.165, 1.54) is 0 Å². The van der Waals surface area contributed by atoms with E-state index in [0.29, 0.717) is 17.1 Å². The molecule has 1 heterocycles. The van der Waals surface area contributed by atoms with Gasteiger partial charge in [0.15, 0.2) is 5.11 Å². The molecule has 0 unspecified atom stereocenters. The van der Waals surface area contributed by atoms with Crippen LogP contribution in [0.3, 0.4) is 0 Å². The first-order chi connectivity index (χ1) is 13.0. The Labute approximate surface area is 170 Å². The second-order valence-electron chi connectivity index (χ2n) is 5.87. The van der Waals surface area contributed by atoms with Gasteiger partial charge in [-0.3, -0.25) is 10.1 Å². The summed E-state index contributed by atoms with van der Waals surface area (Å²) in [5.74, 6) is 0.922. The van der Waals surface area contributed by atoms with Crippen LogP contribution in [0.25, 0.3) is 11.3 Å². The van der Waals surface area contributed by atoms with Gasteiger partial charge in [-0.05, 0) is 73.2 Å². The highest BCUT2D eigenvalue weighted by Crippen LogP contribution is 2.27. The first kappa shape index (κ1) is 19.3. The van der Waals surface area contributed by atoms with Crippen LogP contribution in [0.1, 0.15) is 21.7 Å². The Bertz CT molecular complexity index is 1000. The van der Waals surface area contributed by atoms with Gasteiger partial charge in [0, 0.05) is 21.3 Å². The molecule has 7 heteroatoms. The van der Waals surface area contributed by atoms with Crippen molar-refractivity contribution in [1.29, 1.82) is 0 Å². The molecule has 0 bridgehead atoms. The minimum Gasteiger partial charge on any atom is -0.459 e. The molecule has 0 saturated heterocycles. The second-order valence-corrected chi connectivity index (χ2v) is 7.20. The van der Waals surface area contributed by atoms with Crippen LogP contribution in [0.15, 0.2) is 63.5 Å². The van der Waals surface area contributed by atoms with Gasteiger partial charge in [-0.2, -0.15) is 0 Å². The summed E-state index contributed by atoms with van der Waals surface area (Å²) in [6.45, 7) is 1.81. The number of benzene rings is 2. The minimum atomic E-state index is -0.283. The van der Waals surface area contributed by atoms with E-state index < -0.39 is 0 Å². The van der Waals surface area contributed by atoms with Gasteiger partial charge in [0.25, 0.3) is 5.91 Å². The number of carbonyl (C=O) groups excluding carboxylic acids is 1. The first-order valence-corrected chi connectivity index (χ1v) is 9.35. The number of aliphatic hydroxyl groups excluding tert-OH is 1. The zero-order chi connectivity index (χ0) is 19.4. The lowest BCUT2D eigenvalue weighted by Crippen LogP contribution is -2.34. The Balaban J connectivity index is 1.67. The van der Waals surface area contributed by atoms with Crippen LogP contribution in [0.5, 0.6) is 0 Å². The summed E-state index contributed by atoms with van der Waals surface area (Å²) in [4.78, 5) is 12.2. The molecule has 0 aliphatic heterocycles. The maximum absolute atomic E-state index is 12.2. The Kier molecular flexibility index (Phi) is 6.05. The monoisotopic (exact) mass is 444 g/mol. The highest BCUT2D eigenvalue weighted by atomic mass is 79.9. The van der Waals surface area contributed by atoms with E-state index in [1.54, 1.807) is 24.3 Å². The third-order valence-corrected chi connectivity index (χ3v) is 4.58. The molecule has 1 amide bonds. The van der Waals surface area contributed by atoms with Gasteiger partial charge in [0.1, 0.15) is 18.1 Å². The van der Waals surface area contributed by atoms with Gasteiger partial charge in [0.05, 0.1) is 0 Å². The van der Waals surface area contributed by atoms with Crippen molar-refractivity contribution in [2.75, 3.05) is 5.32 Å². The molecule has 0 radical (unpaired) electrons. The largest absolute Gasteiger partial charge is 0.459 e. The lowest BCUT2D eigenvalue weighted by atomic mass is 10.1. The number of halogens is 1. The second kappa shape index (κ2) is 8.47. The minimum absolute atomic E-state index is 0.134. The van der Waals surface area contributed by atoms with Gasteiger partial charge in [-0.1, -0.05) is 22.0 Å². The zero-order valence-corrected chi connectivity index (χ0v) is 16.9. The van der Waals surface area contributed by atoms with E-state index in [0.717, 1.165) is 21.3 Å². The van der Waals surface area contributed by atoms with Crippen molar-refractivity contribution in [3.63, 3.8) is 0 Å². The summed E-state index contributed by atoms with van der Waals surface area (Å²) in [6.07, 6.45) is 0. The van der Waals surface area contributed by atoms with Crippen molar-refractivity contribution in [3.8, 4) is 11.3 Å². The van der Waals surface area contributed by atoms with Crippen LogP contribution in [-0.2, 0) is 6.61 Å². The predicted molar refractivity (Wildman–Crippen MR) is 113 cm³/mol. The summed E-state index contributed by atoms with van der Waals surface area (Å²) in [7, 11) is 0. The van der Waals surface area contributed by atoms with Gasteiger partial charge >= 0.3 is 0 Å². The number of anilines is 1. The number of hydrogen-bond acceptors (Lipinski definition) is 4. The average molecular weight is 445 g/mol. The van der Waals surface area contributed by atoms with Crippen molar-refractivity contribution < 1.29 is 14.3 Å². The summed E-state index contributed by atoms with van der Waals surface area (Å²) in [5.41, 5.74) is 3.16. The molecule has 1 aromatic heterocycles. The van der Waals surface area contributed by atoms with Crippen LogP contribution in [0, 0.1) is 6.92 Å². The lowest BCUT2D eigenvalue weighted by Gasteiger charge is -2.12. The molecule has 3 rings (SSSR count). The fourth-order valence-corrected chi connectivity index (χ4v) is 3.20. The van der Waals surface area contributed by atoms with E-state index in [4.69, 9.17) is 21.7 Å². The molecule has 0 atom stereocenters. The summed E-state index contributed by atoms with van der Waals surface area (Å²) in [6, 6.07) is 16.3. The molecule has 0 fully saturated rings. The van der Waals surface area contributed by atoms with Crippen LogP contribution >= 0.6 is 28.1 Å². The molecule has 138 valence electrons. The topological polar surface area (TPSA) is 74.5 Å². The van der Waals surface area contributed by atoms with E-state index >= 15 is 0 Å². The smallest absolute Gasteiger partial charge is 0.257 e. The molecular weight excluding hydrogens is 428 g/mol. The number of furan rings is 1. The van der Waals surface area contributed by atoms with Gasteiger partial charge in [0.2, 0.25) is 0 Å². The van der Waals surface area contributed by atoms with E-state index in [9.17, 15) is 4.79 Å². The molecule has 5 nitrogen and oxygen atoms in total. The molecule has 0 aliphatic rings. The Morgan fingerprint density at radius 1 is 1.19 bits per heavy atom. The van der Waals surface area contributed by atoms with Crippen molar-refractivity contribution in [2.24, 2.45) is 0 Å². The molecule has 3 aromatic rings. The van der Waals surface area contributed by atoms with Crippen LogP contribution in [0.2, 0.25) is 0 Å². The molecule has 3 N–H and O–H groups in total. The van der Waals surface area contributed by atoms with Gasteiger partial charge < -0.3 is 14.8 Å². The summed E-state index contributed by atoms with van der Waals surface area (Å²) < 4.78 is 6.40. The Morgan fingerprint density at radius 2 is 2.00 bits per heavy atom. The predicted octanol–water partition coefficient (Wildman–Crippen LogP) is 4.64. The molecule has 27 heavy (non-hydrogen) atoms. The normalized spacial score (nSPS) is 10.5. The summed E-state index contributed by atoms with van der Waals surface area (Å²) in [5, 5.41) is 15.0. The third-order valence-electron chi connectivity index (χ3n) is 3.88. The van der Waals surface area contributed by atoms with Crippen LogP contribution < -0.4 is 10.6 Å². The average Bonchev–Trinajstić information content (AvgIpc) is 3.10. The fraction of sp³-hybridized carbons (Fsp3) is 0.100. The Morgan fingerprint density at radius 3 is 2.67 bits per heavy atom. The van der Waals surface area contributed by atoms with Crippen molar-refractivity contribution in [1.82, 2.24) is 5.32 Å². The maximum Gasteiger partial charge on any atom is 0.257 e. The summed E-state index contributed by atoms with van der Waals surface area (Å²) >= 11 is 8.57. The van der Waals surface area contributed by atoms with E-state index in [1.807, 2.05) is 37.3 Å². The molecular formula is C20H17BrN2O3S. The number of aliphatic hydroxyl groups is 1. The number of nitrogens with one attached hydrogen (secondary N) is 2. The highest BCUT2D eigenvalue weighted by molar-refractivity contribution is 9.10. The maximum atomic E-state index is 12.2. The number of hydrogen-bond donors (Lipinski definition) is 3. The fourth-order valence-electron chi connectivity index (χ4n) is 2.59. The lowest BCUT2D eigenvalue weighted by molar-refractivity contribution is 0.0977. The van der Waals surface area contributed by atoms with Crippen molar-refractivity contribution in [3.05, 3.63) is 76.0 Å². The SMILES string of the molecule is Cc1cc(NC(=S)NC(=O)c2cccc(Br)c2)ccc1-c1ccc(CO)o1. The Hall–Kier alpha value is -2.48. The first-order valence-electron chi connectivity index (χ1n) is 8.15. The van der Waals surface area contributed by atoms with E-state index in [2.05, 4.69) is 26.6 Å². The van der Waals surface area contributed by atoms with E-state index in [-0.39, 0.29) is 17.6 Å². The quantitative estimate of drug-likeness (QED) is 0.511. The van der Waals surface area contributed by atoms with Gasteiger partial charge in [-0.25, -0.2) is 0 Å². The highest BCUT2D eigenvalue weighted by Gasteiger charge is 2.11. The third kappa shape index (κ3) is 4.82. The molecule has 2 aromatic carbocycles. The molecule has 0 saturated carbocycles. The van der Waals surface area contributed by atoms with Crippen LogP contribution in [-0.4, -0.2) is 16.1 Å². The molecule has 0 aliphatic carbocycles. The van der Waals surface area contributed by atoms with Crippen molar-refractivity contribution >= 4 is 44.9 Å². The standard InChI is InChI=1S/C20H17BrN2O3S/c1-12-9-15(5-7-17(12)18-8-6-16(11-24)26-18)22-20(27)23-19(25)13-3-2-4-14(21)10-13/h2-10,24H,11H2,1H3,(H2,22,23,25,27). The molecule has 0 spiro atoms.